The van der Waals surface area contributed by atoms with Crippen molar-refractivity contribution in [3.63, 3.8) is 0 Å². The van der Waals surface area contributed by atoms with Crippen molar-refractivity contribution >= 4 is 22.4 Å². The lowest BCUT2D eigenvalue weighted by molar-refractivity contribution is -0.120. The van der Waals surface area contributed by atoms with Crippen molar-refractivity contribution in [3.8, 4) is 6.07 Å². The molecule has 3 heteroatoms. The van der Waals surface area contributed by atoms with Gasteiger partial charge in [0.2, 0.25) is 5.91 Å². The van der Waals surface area contributed by atoms with Gasteiger partial charge in [0.05, 0.1) is 11.8 Å². The molecule has 1 atom stereocenters. The number of nitrogens with zero attached hydrogens (tertiary/aromatic N) is 2. The number of amides is 1. The number of fused-ring (bicyclic) bond motifs is 1. The second kappa shape index (κ2) is 5.53. The number of benzene rings is 2. The lowest BCUT2D eigenvalue weighted by atomic mass is 10.0. The maximum atomic E-state index is 12.3. The topological polar surface area (TPSA) is 44.1 Å². The number of anilines is 1. The number of hydrogen-bond donors (Lipinski definition) is 0. The summed E-state index contributed by atoms with van der Waals surface area (Å²) in [6.07, 6.45) is 0.532. The van der Waals surface area contributed by atoms with Crippen molar-refractivity contribution < 1.29 is 4.79 Å². The van der Waals surface area contributed by atoms with Crippen molar-refractivity contribution in [2.75, 3.05) is 11.9 Å². The predicted molar refractivity (Wildman–Crippen MR) is 76.8 cm³/mol. The second-order valence-corrected chi connectivity index (χ2v) is 4.49. The number of rotatable bonds is 3. The Hall–Kier alpha value is -2.34. The zero-order chi connectivity index (χ0) is 13.8. The summed E-state index contributed by atoms with van der Waals surface area (Å²) in [5, 5.41) is 11.1. The molecule has 0 saturated heterocycles. The standard InChI is InChI=1S/C16H16N2O/c1-3-12(11-17)16(19)18(2)15-10-6-8-13-7-4-5-9-14(13)15/h4-10,12H,3H2,1-2H3. The molecule has 0 bridgehead atoms. The van der Waals surface area contributed by atoms with Gasteiger partial charge in [0.15, 0.2) is 0 Å². The van der Waals surface area contributed by atoms with Gasteiger partial charge in [-0.3, -0.25) is 4.79 Å². The molecule has 0 aliphatic carbocycles. The maximum Gasteiger partial charge on any atom is 0.244 e. The summed E-state index contributed by atoms with van der Waals surface area (Å²) in [6.45, 7) is 1.85. The molecule has 0 heterocycles. The second-order valence-electron chi connectivity index (χ2n) is 4.49. The van der Waals surface area contributed by atoms with Crippen LogP contribution in [0.25, 0.3) is 10.8 Å². The molecular formula is C16H16N2O. The molecule has 0 aliphatic rings. The normalized spacial score (nSPS) is 11.8. The van der Waals surface area contributed by atoms with Crippen LogP contribution in [0, 0.1) is 17.2 Å². The highest BCUT2D eigenvalue weighted by Crippen LogP contribution is 2.27. The van der Waals surface area contributed by atoms with E-state index in [2.05, 4.69) is 6.07 Å². The zero-order valence-corrected chi connectivity index (χ0v) is 11.1. The van der Waals surface area contributed by atoms with Crippen LogP contribution in [-0.2, 0) is 4.79 Å². The quantitative estimate of drug-likeness (QED) is 0.840. The molecule has 0 fully saturated rings. The Labute approximate surface area is 113 Å². The van der Waals surface area contributed by atoms with Crippen LogP contribution in [0.4, 0.5) is 5.69 Å². The van der Waals surface area contributed by atoms with Crippen LogP contribution in [-0.4, -0.2) is 13.0 Å². The molecule has 19 heavy (non-hydrogen) atoms. The fourth-order valence-corrected chi connectivity index (χ4v) is 2.17. The van der Waals surface area contributed by atoms with Gasteiger partial charge in [0, 0.05) is 12.4 Å². The van der Waals surface area contributed by atoms with Gasteiger partial charge in [0.25, 0.3) is 0 Å². The van der Waals surface area contributed by atoms with Gasteiger partial charge in [-0.25, -0.2) is 0 Å². The predicted octanol–water partition coefficient (Wildman–Crippen LogP) is 3.35. The Kier molecular flexibility index (Phi) is 3.82. The molecule has 1 unspecified atom stereocenters. The first-order chi connectivity index (χ1) is 9.19. The average molecular weight is 252 g/mol. The highest BCUT2D eigenvalue weighted by molar-refractivity contribution is 6.04. The van der Waals surface area contributed by atoms with Crippen molar-refractivity contribution in [2.24, 2.45) is 5.92 Å². The Morgan fingerprint density at radius 1 is 1.26 bits per heavy atom. The molecule has 3 nitrogen and oxygen atoms in total. The first kappa shape index (κ1) is 13.1. The summed E-state index contributed by atoms with van der Waals surface area (Å²) in [6, 6.07) is 15.8. The Bertz CT molecular complexity index is 637. The van der Waals surface area contributed by atoms with Crippen LogP contribution in [0.1, 0.15) is 13.3 Å². The van der Waals surface area contributed by atoms with E-state index in [1.807, 2.05) is 49.4 Å². The third-order valence-corrected chi connectivity index (χ3v) is 3.32. The first-order valence-corrected chi connectivity index (χ1v) is 6.34. The van der Waals surface area contributed by atoms with Crippen molar-refractivity contribution in [1.82, 2.24) is 0 Å². The lowest BCUT2D eigenvalue weighted by Crippen LogP contribution is -2.32. The van der Waals surface area contributed by atoms with E-state index < -0.39 is 5.92 Å². The average Bonchev–Trinajstić information content (AvgIpc) is 2.47. The summed E-state index contributed by atoms with van der Waals surface area (Å²) in [5.74, 6) is -0.731. The molecule has 0 aliphatic heterocycles. The van der Waals surface area contributed by atoms with Crippen molar-refractivity contribution in [1.29, 1.82) is 5.26 Å². The van der Waals surface area contributed by atoms with Gasteiger partial charge in [0.1, 0.15) is 5.92 Å². The molecule has 0 radical (unpaired) electrons. The summed E-state index contributed by atoms with van der Waals surface area (Å²) < 4.78 is 0. The monoisotopic (exact) mass is 252 g/mol. The van der Waals surface area contributed by atoms with E-state index in [1.165, 1.54) is 0 Å². The summed E-state index contributed by atoms with van der Waals surface area (Å²) in [7, 11) is 1.73. The molecule has 2 rings (SSSR count). The van der Waals surface area contributed by atoms with E-state index in [0.717, 1.165) is 16.5 Å². The SMILES string of the molecule is CCC(C#N)C(=O)N(C)c1cccc2ccccc12. The van der Waals surface area contributed by atoms with Crippen LogP contribution in [0.5, 0.6) is 0 Å². The van der Waals surface area contributed by atoms with Crippen LogP contribution in [0.3, 0.4) is 0 Å². The smallest absolute Gasteiger partial charge is 0.244 e. The molecular weight excluding hydrogens is 236 g/mol. The van der Waals surface area contributed by atoms with Gasteiger partial charge in [-0.15, -0.1) is 0 Å². The van der Waals surface area contributed by atoms with E-state index in [1.54, 1.807) is 11.9 Å². The molecule has 96 valence electrons. The number of carbonyl (C=O) groups excluding carboxylic acids is 1. The van der Waals surface area contributed by atoms with Gasteiger partial charge >= 0.3 is 0 Å². The Balaban J connectivity index is 2.45. The number of carbonyl (C=O) groups is 1. The van der Waals surface area contributed by atoms with Crippen LogP contribution >= 0.6 is 0 Å². The van der Waals surface area contributed by atoms with Crippen molar-refractivity contribution in [3.05, 3.63) is 42.5 Å². The fraction of sp³-hybridized carbons (Fsp3) is 0.250. The van der Waals surface area contributed by atoms with E-state index >= 15 is 0 Å². The minimum Gasteiger partial charge on any atom is -0.314 e. The lowest BCUT2D eigenvalue weighted by Gasteiger charge is -2.21. The van der Waals surface area contributed by atoms with Gasteiger partial charge in [-0.1, -0.05) is 43.3 Å². The third-order valence-electron chi connectivity index (χ3n) is 3.32. The molecule has 2 aromatic rings. The Morgan fingerprint density at radius 3 is 2.63 bits per heavy atom. The molecule has 0 saturated carbocycles. The minimum absolute atomic E-state index is 0.152. The van der Waals surface area contributed by atoms with Crippen LogP contribution in [0.2, 0.25) is 0 Å². The van der Waals surface area contributed by atoms with E-state index in [-0.39, 0.29) is 5.91 Å². The minimum atomic E-state index is -0.580. The molecule has 0 aromatic heterocycles. The van der Waals surface area contributed by atoms with E-state index in [0.29, 0.717) is 6.42 Å². The summed E-state index contributed by atoms with van der Waals surface area (Å²) in [5.41, 5.74) is 0.844. The fourth-order valence-electron chi connectivity index (χ4n) is 2.17. The summed E-state index contributed by atoms with van der Waals surface area (Å²) in [4.78, 5) is 13.8. The number of nitriles is 1. The molecule has 0 N–H and O–H groups in total. The zero-order valence-electron chi connectivity index (χ0n) is 11.1. The summed E-state index contributed by atoms with van der Waals surface area (Å²) >= 11 is 0. The van der Waals surface area contributed by atoms with Crippen molar-refractivity contribution in [2.45, 2.75) is 13.3 Å². The number of hydrogen-bond acceptors (Lipinski definition) is 2. The Morgan fingerprint density at radius 2 is 1.95 bits per heavy atom. The van der Waals surface area contributed by atoms with Gasteiger partial charge in [-0.05, 0) is 17.9 Å². The molecule has 1 amide bonds. The van der Waals surface area contributed by atoms with Gasteiger partial charge < -0.3 is 4.90 Å². The van der Waals surface area contributed by atoms with Gasteiger partial charge in [-0.2, -0.15) is 5.26 Å². The first-order valence-electron chi connectivity index (χ1n) is 6.34. The molecule has 2 aromatic carbocycles. The highest BCUT2D eigenvalue weighted by Gasteiger charge is 2.21. The highest BCUT2D eigenvalue weighted by atomic mass is 16.2. The van der Waals surface area contributed by atoms with Crippen LogP contribution in [0.15, 0.2) is 42.5 Å². The van der Waals surface area contributed by atoms with Crippen LogP contribution < -0.4 is 4.90 Å². The third kappa shape index (κ3) is 2.43. The van der Waals surface area contributed by atoms with E-state index in [4.69, 9.17) is 5.26 Å². The maximum absolute atomic E-state index is 12.3. The molecule has 0 spiro atoms. The van der Waals surface area contributed by atoms with E-state index in [9.17, 15) is 4.79 Å². The largest absolute Gasteiger partial charge is 0.314 e.